The molecule has 0 aromatic heterocycles. The van der Waals surface area contributed by atoms with Crippen molar-refractivity contribution in [3.8, 4) is 0 Å². The minimum atomic E-state index is -3.22. The summed E-state index contributed by atoms with van der Waals surface area (Å²) in [5.41, 5.74) is 7.32. The SMILES string of the molecule is Cc1cc(N2CCCS2(=O)=O)ccc1C(=O)NC(C)(CN)CC(C)C. The quantitative estimate of drug-likeness (QED) is 0.804. The predicted molar refractivity (Wildman–Crippen MR) is 101 cm³/mol. The molecule has 1 fully saturated rings. The third kappa shape index (κ3) is 4.52. The first-order chi connectivity index (χ1) is 11.6. The Hall–Kier alpha value is -1.60. The van der Waals surface area contributed by atoms with E-state index in [1.165, 1.54) is 4.31 Å². The fourth-order valence-electron chi connectivity index (χ4n) is 3.42. The van der Waals surface area contributed by atoms with Crippen molar-refractivity contribution in [2.45, 2.75) is 46.1 Å². The molecule has 25 heavy (non-hydrogen) atoms. The first-order valence-electron chi connectivity index (χ1n) is 8.71. The van der Waals surface area contributed by atoms with Crippen LogP contribution in [0.1, 0.15) is 49.5 Å². The van der Waals surface area contributed by atoms with Crippen molar-refractivity contribution in [1.82, 2.24) is 5.32 Å². The van der Waals surface area contributed by atoms with Crippen LogP contribution in [0.5, 0.6) is 0 Å². The molecule has 0 saturated carbocycles. The molecule has 1 aromatic carbocycles. The number of nitrogens with two attached hydrogens (primary N) is 1. The molecule has 0 aliphatic carbocycles. The zero-order valence-electron chi connectivity index (χ0n) is 15.5. The molecule has 6 nitrogen and oxygen atoms in total. The van der Waals surface area contributed by atoms with Gasteiger partial charge in [-0.1, -0.05) is 13.8 Å². The molecule has 0 radical (unpaired) electrons. The lowest BCUT2D eigenvalue weighted by atomic mass is 9.90. The third-order valence-corrected chi connectivity index (χ3v) is 6.44. The van der Waals surface area contributed by atoms with Gasteiger partial charge in [0.1, 0.15) is 0 Å². The van der Waals surface area contributed by atoms with Gasteiger partial charge >= 0.3 is 0 Å². The number of hydrogen-bond donors (Lipinski definition) is 2. The summed E-state index contributed by atoms with van der Waals surface area (Å²) < 4.78 is 25.5. The number of sulfonamides is 1. The summed E-state index contributed by atoms with van der Waals surface area (Å²) >= 11 is 0. The molecular weight excluding hydrogens is 338 g/mol. The van der Waals surface area contributed by atoms with Gasteiger partial charge in [-0.05, 0) is 56.4 Å². The minimum Gasteiger partial charge on any atom is -0.346 e. The lowest BCUT2D eigenvalue weighted by Crippen LogP contribution is -2.52. The molecule has 1 atom stereocenters. The fourth-order valence-corrected chi connectivity index (χ4v) is 4.97. The maximum absolute atomic E-state index is 12.7. The van der Waals surface area contributed by atoms with Crippen molar-refractivity contribution in [1.29, 1.82) is 0 Å². The molecular formula is C18H29N3O3S. The van der Waals surface area contributed by atoms with Crippen LogP contribution in [0.25, 0.3) is 0 Å². The molecule has 3 N–H and O–H groups in total. The number of aryl methyl sites for hydroxylation is 1. The summed E-state index contributed by atoms with van der Waals surface area (Å²) in [5.74, 6) is 0.415. The first kappa shape index (κ1) is 19.7. The van der Waals surface area contributed by atoms with Crippen LogP contribution in [0.2, 0.25) is 0 Å². The van der Waals surface area contributed by atoms with Gasteiger partial charge in [0, 0.05) is 24.2 Å². The first-order valence-corrected chi connectivity index (χ1v) is 10.3. The number of rotatable bonds is 6. The summed E-state index contributed by atoms with van der Waals surface area (Å²) in [6.07, 6.45) is 1.42. The summed E-state index contributed by atoms with van der Waals surface area (Å²) in [4.78, 5) is 12.7. The average molecular weight is 368 g/mol. The second kappa shape index (κ2) is 7.33. The molecule has 1 aliphatic heterocycles. The van der Waals surface area contributed by atoms with E-state index in [9.17, 15) is 13.2 Å². The monoisotopic (exact) mass is 367 g/mol. The van der Waals surface area contributed by atoms with Gasteiger partial charge in [0.15, 0.2) is 0 Å². The van der Waals surface area contributed by atoms with Gasteiger partial charge in [-0.2, -0.15) is 0 Å². The van der Waals surface area contributed by atoms with Crippen molar-refractivity contribution in [2.24, 2.45) is 11.7 Å². The Kier molecular flexibility index (Phi) is 5.79. The van der Waals surface area contributed by atoms with E-state index < -0.39 is 15.6 Å². The van der Waals surface area contributed by atoms with Crippen LogP contribution in [0.15, 0.2) is 18.2 Å². The molecule has 1 aromatic rings. The Labute approximate surface area is 150 Å². The van der Waals surface area contributed by atoms with Crippen molar-refractivity contribution in [3.05, 3.63) is 29.3 Å². The molecule has 2 rings (SSSR count). The lowest BCUT2D eigenvalue weighted by Gasteiger charge is -2.31. The Bertz CT molecular complexity index is 746. The number of carbonyl (C=O) groups excluding carboxylic acids is 1. The minimum absolute atomic E-state index is 0.179. The van der Waals surface area contributed by atoms with Crippen LogP contribution < -0.4 is 15.4 Å². The molecule has 1 aliphatic rings. The molecule has 140 valence electrons. The number of anilines is 1. The van der Waals surface area contributed by atoms with Gasteiger partial charge < -0.3 is 11.1 Å². The van der Waals surface area contributed by atoms with Gasteiger partial charge in [-0.15, -0.1) is 0 Å². The van der Waals surface area contributed by atoms with E-state index in [1.54, 1.807) is 18.2 Å². The molecule has 7 heteroatoms. The number of carbonyl (C=O) groups is 1. The Morgan fingerprint density at radius 1 is 1.40 bits per heavy atom. The summed E-state index contributed by atoms with van der Waals surface area (Å²) in [6.45, 7) is 8.81. The normalized spacial score (nSPS) is 19.0. The predicted octanol–water partition coefficient (Wildman–Crippen LogP) is 2.03. The Morgan fingerprint density at radius 3 is 2.56 bits per heavy atom. The topological polar surface area (TPSA) is 92.5 Å². The highest BCUT2D eigenvalue weighted by Crippen LogP contribution is 2.26. The zero-order chi connectivity index (χ0) is 18.8. The number of hydrogen-bond acceptors (Lipinski definition) is 4. The van der Waals surface area contributed by atoms with Crippen LogP contribution in [0, 0.1) is 12.8 Å². The highest BCUT2D eigenvalue weighted by atomic mass is 32.2. The van der Waals surface area contributed by atoms with Crippen molar-refractivity contribution in [2.75, 3.05) is 23.1 Å². The van der Waals surface area contributed by atoms with E-state index >= 15 is 0 Å². The highest BCUT2D eigenvalue weighted by Gasteiger charge is 2.30. The molecule has 1 amide bonds. The van der Waals surface area contributed by atoms with Gasteiger partial charge in [0.2, 0.25) is 10.0 Å². The third-order valence-electron chi connectivity index (χ3n) is 4.57. The molecule has 0 bridgehead atoms. The smallest absolute Gasteiger partial charge is 0.252 e. The molecule has 1 unspecified atom stereocenters. The standard InChI is InChI=1S/C18H29N3O3S/c1-13(2)11-18(4,12-19)20-17(22)16-7-6-15(10-14(16)3)21-8-5-9-25(21,23)24/h6-7,10,13H,5,8-9,11-12,19H2,1-4H3,(H,20,22). The van der Waals surface area contributed by atoms with Crippen LogP contribution in [-0.2, 0) is 10.0 Å². The van der Waals surface area contributed by atoms with Gasteiger partial charge in [0.25, 0.3) is 5.91 Å². The zero-order valence-corrected chi connectivity index (χ0v) is 16.3. The number of benzene rings is 1. The van der Waals surface area contributed by atoms with Crippen molar-refractivity contribution >= 4 is 21.6 Å². The van der Waals surface area contributed by atoms with Crippen LogP contribution in [0.3, 0.4) is 0 Å². The molecule has 1 heterocycles. The highest BCUT2D eigenvalue weighted by molar-refractivity contribution is 7.93. The van der Waals surface area contributed by atoms with E-state index in [4.69, 9.17) is 5.73 Å². The van der Waals surface area contributed by atoms with E-state index in [-0.39, 0.29) is 11.7 Å². The Balaban J connectivity index is 2.21. The number of nitrogens with one attached hydrogen (secondary N) is 1. The van der Waals surface area contributed by atoms with Gasteiger partial charge in [-0.25, -0.2) is 8.42 Å². The van der Waals surface area contributed by atoms with E-state index in [0.29, 0.717) is 36.7 Å². The van der Waals surface area contributed by atoms with Gasteiger partial charge in [0.05, 0.1) is 11.4 Å². The van der Waals surface area contributed by atoms with Crippen LogP contribution in [0.4, 0.5) is 5.69 Å². The van der Waals surface area contributed by atoms with Crippen LogP contribution in [-0.4, -0.2) is 38.7 Å². The second-order valence-electron chi connectivity index (χ2n) is 7.56. The van der Waals surface area contributed by atoms with Crippen molar-refractivity contribution < 1.29 is 13.2 Å². The fraction of sp³-hybridized carbons (Fsp3) is 0.611. The van der Waals surface area contributed by atoms with Gasteiger partial charge in [-0.3, -0.25) is 9.10 Å². The summed E-state index contributed by atoms with van der Waals surface area (Å²) in [6, 6.07) is 5.16. The summed E-state index contributed by atoms with van der Waals surface area (Å²) in [5, 5.41) is 3.04. The summed E-state index contributed by atoms with van der Waals surface area (Å²) in [7, 11) is -3.22. The van der Waals surface area contributed by atoms with E-state index in [2.05, 4.69) is 19.2 Å². The lowest BCUT2D eigenvalue weighted by molar-refractivity contribution is 0.0897. The van der Waals surface area contributed by atoms with E-state index in [0.717, 1.165) is 12.0 Å². The number of nitrogens with zero attached hydrogens (tertiary/aromatic N) is 1. The molecule has 0 spiro atoms. The maximum Gasteiger partial charge on any atom is 0.252 e. The largest absolute Gasteiger partial charge is 0.346 e. The maximum atomic E-state index is 12.7. The van der Waals surface area contributed by atoms with Crippen molar-refractivity contribution in [3.63, 3.8) is 0 Å². The molecule has 1 saturated heterocycles. The van der Waals surface area contributed by atoms with Crippen LogP contribution >= 0.6 is 0 Å². The Morgan fingerprint density at radius 2 is 2.08 bits per heavy atom. The second-order valence-corrected chi connectivity index (χ2v) is 9.57. The average Bonchev–Trinajstić information content (AvgIpc) is 2.85. The number of amides is 1. The van der Waals surface area contributed by atoms with E-state index in [1.807, 2.05) is 13.8 Å².